The maximum absolute atomic E-state index is 5.67. The van der Waals surface area contributed by atoms with Gasteiger partial charge in [-0.2, -0.15) is 4.37 Å². The lowest BCUT2D eigenvalue weighted by Crippen LogP contribution is -2.01. The first-order chi connectivity index (χ1) is 8.29. The van der Waals surface area contributed by atoms with Crippen LogP contribution in [-0.2, 0) is 0 Å². The smallest absolute Gasteiger partial charge is 0.197 e. The number of nitrogens with zero attached hydrogens (tertiary/aromatic N) is 1. The Morgan fingerprint density at radius 2 is 1.94 bits per heavy atom. The van der Waals surface area contributed by atoms with Gasteiger partial charge in [-0.05, 0) is 18.0 Å². The molecule has 0 aliphatic rings. The molecule has 0 aliphatic carbocycles. The average molecular weight is 257 g/mol. The van der Waals surface area contributed by atoms with Gasteiger partial charge in [0.1, 0.15) is 0 Å². The third-order valence-corrected chi connectivity index (χ3v) is 3.49. The van der Waals surface area contributed by atoms with E-state index in [2.05, 4.69) is 16.6 Å². The topological polar surface area (TPSA) is 60.2 Å². The molecular formula is C12H23N3OS. The Labute approximate surface area is 108 Å². The van der Waals surface area contributed by atoms with Gasteiger partial charge in [0.2, 0.25) is 0 Å². The van der Waals surface area contributed by atoms with Crippen LogP contribution in [0.1, 0.15) is 45.4 Å². The maximum atomic E-state index is 5.67. The molecule has 0 aliphatic heterocycles. The lowest BCUT2D eigenvalue weighted by atomic mass is 10.1. The van der Waals surface area contributed by atoms with Crippen molar-refractivity contribution < 1.29 is 4.74 Å². The highest BCUT2D eigenvalue weighted by molar-refractivity contribution is 7.11. The summed E-state index contributed by atoms with van der Waals surface area (Å²) in [4.78, 5) is 0. The second-order valence-electron chi connectivity index (χ2n) is 4.12. The summed E-state index contributed by atoms with van der Waals surface area (Å²) in [6, 6.07) is 0. The zero-order valence-corrected chi connectivity index (χ0v) is 11.6. The molecule has 0 fully saturated rings. The van der Waals surface area contributed by atoms with Crippen LogP contribution in [0.15, 0.2) is 0 Å². The van der Waals surface area contributed by atoms with E-state index in [-0.39, 0.29) is 0 Å². The van der Waals surface area contributed by atoms with Gasteiger partial charge in [0.05, 0.1) is 7.11 Å². The van der Waals surface area contributed by atoms with E-state index in [0.29, 0.717) is 11.6 Å². The normalized spacial score (nSPS) is 10.5. The molecular weight excluding hydrogens is 234 g/mol. The van der Waals surface area contributed by atoms with Crippen molar-refractivity contribution in [3.63, 3.8) is 0 Å². The number of unbranched alkanes of at least 4 members (excludes halogenated alkanes) is 5. The van der Waals surface area contributed by atoms with Gasteiger partial charge in [-0.15, -0.1) is 0 Å². The second kappa shape index (κ2) is 8.17. The molecule has 3 N–H and O–H groups in total. The van der Waals surface area contributed by atoms with Gasteiger partial charge in [-0.3, -0.25) is 0 Å². The van der Waals surface area contributed by atoms with Gasteiger partial charge in [0.15, 0.2) is 16.6 Å². The van der Waals surface area contributed by atoms with E-state index in [0.717, 1.165) is 11.5 Å². The van der Waals surface area contributed by atoms with Crippen molar-refractivity contribution >= 4 is 22.4 Å². The van der Waals surface area contributed by atoms with Gasteiger partial charge in [-0.1, -0.05) is 39.0 Å². The Balaban J connectivity index is 2.13. The van der Waals surface area contributed by atoms with Crippen LogP contribution in [0.4, 0.5) is 10.8 Å². The highest BCUT2D eigenvalue weighted by Gasteiger charge is 2.10. The summed E-state index contributed by atoms with van der Waals surface area (Å²) < 4.78 is 9.25. The number of methoxy groups -OCH3 is 1. The van der Waals surface area contributed by atoms with Crippen molar-refractivity contribution in [3.8, 4) is 5.75 Å². The van der Waals surface area contributed by atoms with Crippen molar-refractivity contribution in [2.75, 3.05) is 24.7 Å². The largest absolute Gasteiger partial charge is 0.490 e. The number of hydrogen-bond acceptors (Lipinski definition) is 5. The molecule has 0 bridgehead atoms. The number of nitrogen functional groups attached to an aromatic ring is 1. The minimum atomic E-state index is 0.475. The van der Waals surface area contributed by atoms with Crippen molar-refractivity contribution in [2.24, 2.45) is 0 Å². The third kappa shape index (κ3) is 4.81. The molecule has 0 spiro atoms. The lowest BCUT2D eigenvalue weighted by molar-refractivity contribution is 0.419. The average Bonchev–Trinajstić information content (AvgIpc) is 2.69. The first-order valence-corrected chi connectivity index (χ1v) is 7.10. The van der Waals surface area contributed by atoms with Gasteiger partial charge >= 0.3 is 0 Å². The van der Waals surface area contributed by atoms with Crippen LogP contribution in [0.2, 0.25) is 0 Å². The Morgan fingerprint density at radius 3 is 2.65 bits per heavy atom. The van der Waals surface area contributed by atoms with Crippen molar-refractivity contribution in [3.05, 3.63) is 0 Å². The van der Waals surface area contributed by atoms with E-state index < -0.39 is 0 Å². The molecule has 1 rings (SSSR count). The van der Waals surface area contributed by atoms with Gasteiger partial charge < -0.3 is 15.8 Å². The zero-order valence-electron chi connectivity index (χ0n) is 10.8. The monoisotopic (exact) mass is 257 g/mol. The highest BCUT2D eigenvalue weighted by atomic mass is 32.1. The van der Waals surface area contributed by atoms with E-state index >= 15 is 0 Å². The highest BCUT2D eigenvalue weighted by Crippen LogP contribution is 2.34. The maximum Gasteiger partial charge on any atom is 0.197 e. The van der Waals surface area contributed by atoms with E-state index in [4.69, 9.17) is 10.5 Å². The first-order valence-electron chi connectivity index (χ1n) is 6.32. The lowest BCUT2D eigenvalue weighted by Gasteiger charge is -2.05. The Kier molecular flexibility index (Phi) is 6.77. The van der Waals surface area contributed by atoms with Crippen molar-refractivity contribution in [1.29, 1.82) is 0 Å². The molecule has 17 heavy (non-hydrogen) atoms. The fourth-order valence-corrected chi connectivity index (χ4v) is 2.42. The number of aromatic nitrogens is 1. The molecule has 0 unspecified atom stereocenters. The Hall–Kier alpha value is -0.970. The fourth-order valence-electron chi connectivity index (χ4n) is 1.71. The number of nitrogens with two attached hydrogens (primary N) is 1. The zero-order chi connectivity index (χ0) is 12.5. The van der Waals surface area contributed by atoms with Crippen LogP contribution in [0.5, 0.6) is 5.75 Å². The van der Waals surface area contributed by atoms with Crippen LogP contribution >= 0.6 is 11.5 Å². The van der Waals surface area contributed by atoms with Crippen molar-refractivity contribution in [1.82, 2.24) is 4.37 Å². The van der Waals surface area contributed by atoms with Gasteiger partial charge in [0.25, 0.3) is 0 Å². The van der Waals surface area contributed by atoms with Crippen molar-refractivity contribution in [2.45, 2.75) is 45.4 Å². The minimum Gasteiger partial charge on any atom is -0.490 e. The molecule has 4 nitrogen and oxygen atoms in total. The summed E-state index contributed by atoms with van der Waals surface area (Å²) in [7, 11) is 1.62. The fraction of sp³-hybridized carbons (Fsp3) is 0.750. The van der Waals surface area contributed by atoms with Crippen LogP contribution in [0, 0.1) is 0 Å². The van der Waals surface area contributed by atoms with E-state index in [1.165, 1.54) is 50.1 Å². The summed E-state index contributed by atoms with van der Waals surface area (Å²) in [6.45, 7) is 3.20. The predicted molar refractivity (Wildman–Crippen MR) is 74.9 cm³/mol. The molecule has 0 saturated heterocycles. The Morgan fingerprint density at radius 1 is 1.24 bits per heavy atom. The van der Waals surface area contributed by atoms with Gasteiger partial charge in [0, 0.05) is 6.54 Å². The number of rotatable bonds is 9. The molecule has 0 radical (unpaired) electrons. The number of anilines is 2. The summed E-state index contributed by atoms with van der Waals surface area (Å²) >= 11 is 1.36. The molecule has 1 aromatic heterocycles. The van der Waals surface area contributed by atoms with Crippen LogP contribution in [0.3, 0.4) is 0 Å². The summed E-state index contributed by atoms with van der Waals surface area (Å²) in [6.07, 6.45) is 7.81. The second-order valence-corrected chi connectivity index (χ2v) is 4.90. The molecule has 1 aromatic rings. The van der Waals surface area contributed by atoms with Crippen LogP contribution in [0.25, 0.3) is 0 Å². The summed E-state index contributed by atoms with van der Waals surface area (Å²) in [5, 5.41) is 4.27. The Bertz CT molecular complexity index is 315. The third-order valence-electron chi connectivity index (χ3n) is 2.69. The van der Waals surface area contributed by atoms with E-state index in [1.54, 1.807) is 7.11 Å². The molecule has 98 valence electrons. The van der Waals surface area contributed by atoms with Crippen LogP contribution < -0.4 is 15.8 Å². The van der Waals surface area contributed by atoms with E-state index in [1.807, 2.05) is 0 Å². The first kappa shape index (κ1) is 14.1. The number of nitrogens with one attached hydrogen (secondary N) is 1. The summed E-state index contributed by atoms with van der Waals surface area (Å²) in [5.74, 6) is 1.16. The molecule has 0 atom stereocenters. The number of ether oxygens (including phenoxy) is 1. The molecule has 0 aromatic carbocycles. The molecule has 1 heterocycles. The minimum absolute atomic E-state index is 0.475. The SMILES string of the molecule is CCCCCCCCNc1snc(N)c1OC. The van der Waals surface area contributed by atoms with Gasteiger partial charge in [-0.25, -0.2) is 0 Å². The predicted octanol–water partition coefficient (Wildman–Crippen LogP) is 3.51. The quantitative estimate of drug-likeness (QED) is 0.665. The molecule has 0 amide bonds. The van der Waals surface area contributed by atoms with E-state index in [9.17, 15) is 0 Å². The number of hydrogen-bond donors (Lipinski definition) is 2. The summed E-state index contributed by atoms with van der Waals surface area (Å²) in [5.41, 5.74) is 5.67. The molecule has 5 heteroatoms. The standard InChI is InChI=1S/C12H23N3OS/c1-3-4-5-6-7-8-9-14-12-10(16-2)11(13)15-17-12/h14H,3-9H2,1-2H3,(H2,13,15). The molecule has 0 saturated carbocycles. The van der Waals surface area contributed by atoms with Crippen LogP contribution in [-0.4, -0.2) is 18.0 Å².